The number of hydrogen-bond acceptors (Lipinski definition) is 6. The lowest BCUT2D eigenvalue weighted by Gasteiger charge is -2.17. The largest absolute Gasteiger partial charge is 0.497 e. The number of aryl methyl sites for hydroxylation is 1. The molecule has 1 unspecified atom stereocenters. The molecule has 1 aromatic heterocycles. The molecule has 0 saturated carbocycles. The first-order valence-corrected chi connectivity index (χ1v) is 6.20. The number of benzene rings is 1. The van der Waals surface area contributed by atoms with Crippen LogP contribution in [0.2, 0.25) is 0 Å². The van der Waals surface area contributed by atoms with E-state index in [0.717, 1.165) is 22.9 Å². The average molecular weight is 277 g/mol. The van der Waals surface area contributed by atoms with Gasteiger partial charge in [0.25, 0.3) is 0 Å². The van der Waals surface area contributed by atoms with Crippen LogP contribution in [0.5, 0.6) is 11.5 Å². The molecule has 1 atom stereocenters. The number of hydrazine groups is 1. The Morgan fingerprint density at radius 1 is 1.25 bits per heavy atom. The highest BCUT2D eigenvalue weighted by Crippen LogP contribution is 2.27. The summed E-state index contributed by atoms with van der Waals surface area (Å²) in [5.41, 5.74) is 3.76. The monoisotopic (exact) mass is 277 g/mol. The number of ether oxygens (including phenoxy) is 2. The minimum absolute atomic E-state index is 0.109. The summed E-state index contributed by atoms with van der Waals surface area (Å²) >= 11 is 0. The van der Waals surface area contributed by atoms with Gasteiger partial charge in [-0.15, -0.1) is 0 Å². The minimum atomic E-state index is -0.109. The fourth-order valence-corrected chi connectivity index (χ4v) is 1.99. The first-order chi connectivity index (χ1) is 9.67. The van der Waals surface area contributed by atoms with E-state index < -0.39 is 0 Å². The van der Waals surface area contributed by atoms with Gasteiger partial charge in [0.1, 0.15) is 23.7 Å². The number of aromatic nitrogens is 3. The number of nitrogens with zero attached hydrogens (tertiary/aromatic N) is 3. The first-order valence-electron chi connectivity index (χ1n) is 6.20. The molecule has 20 heavy (non-hydrogen) atoms. The van der Waals surface area contributed by atoms with Crippen LogP contribution in [-0.2, 0) is 13.5 Å². The summed E-state index contributed by atoms with van der Waals surface area (Å²) in [4.78, 5) is 4.21. The van der Waals surface area contributed by atoms with Crippen LogP contribution in [0.3, 0.4) is 0 Å². The number of hydrogen-bond donors (Lipinski definition) is 2. The summed E-state index contributed by atoms with van der Waals surface area (Å²) in [5, 5.41) is 4.05. The zero-order valence-electron chi connectivity index (χ0n) is 11.8. The van der Waals surface area contributed by atoms with E-state index in [1.807, 2.05) is 25.2 Å². The van der Waals surface area contributed by atoms with Crippen molar-refractivity contribution < 1.29 is 9.47 Å². The fraction of sp³-hybridized carbons (Fsp3) is 0.385. The van der Waals surface area contributed by atoms with E-state index in [9.17, 15) is 0 Å². The lowest BCUT2D eigenvalue weighted by atomic mass is 10.0. The van der Waals surface area contributed by atoms with Gasteiger partial charge >= 0.3 is 0 Å². The molecule has 0 aliphatic heterocycles. The van der Waals surface area contributed by atoms with Gasteiger partial charge in [0, 0.05) is 19.5 Å². The molecule has 0 spiro atoms. The lowest BCUT2D eigenvalue weighted by Crippen LogP contribution is -2.30. The Bertz CT molecular complexity index is 547. The van der Waals surface area contributed by atoms with Gasteiger partial charge in [-0.3, -0.25) is 16.0 Å². The van der Waals surface area contributed by atoms with E-state index in [2.05, 4.69) is 15.5 Å². The van der Waals surface area contributed by atoms with Crippen molar-refractivity contribution >= 4 is 0 Å². The van der Waals surface area contributed by atoms with Crippen LogP contribution in [0.15, 0.2) is 24.5 Å². The second-order valence-corrected chi connectivity index (χ2v) is 4.37. The maximum absolute atomic E-state index is 5.67. The van der Waals surface area contributed by atoms with Crippen molar-refractivity contribution in [1.29, 1.82) is 0 Å². The molecule has 1 aromatic carbocycles. The predicted molar refractivity (Wildman–Crippen MR) is 74.3 cm³/mol. The molecule has 7 heteroatoms. The first kappa shape index (κ1) is 14.3. The normalized spacial score (nSPS) is 12.2. The second kappa shape index (κ2) is 6.36. The Hall–Kier alpha value is -2.12. The summed E-state index contributed by atoms with van der Waals surface area (Å²) in [5.74, 6) is 7.95. The Balaban J connectivity index is 2.29. The van der Waals surface area contributed by atoms with Crippen LogP contribution in [0.25, 0.3) is 0 Å². The van der Waals surface area contributed by atoms with E-state index in [1.54, 1.807) is 18.9 Å². The Kier molecular flexibility index (Phi) is 4.54. The van der Waals surface area contributed by atoms with Crippen LogP contribution >= 0.6 is 0 Å². The molecule has 7 nitrogen and oxygen atoms in total. The third-order valence-corrected chi connectivity index (χ3v) is 3.17. The quantitative estimate of drug-likeness (QED) is 0.593. The Morgan fingerprint density at radius 2 is 1.90 bits per heavy atom. The van der Waals surface area contributed by atoms with Crippen LogP contribution in [0.4, 0.5) is 0 Å². The molecule has 0 fully saturated rings. The highest BCUT2D eigenvalue weighted by Gasteiger charge is 2.16. The number of rotatable bonds is 6. The molecule has 2 rings (SSSR count). The summed E-state index contributed by atoms with van der Waals surface area (Å²) in [7, 11) is 5.08. The van der Waals surface area contributed by atoms with Gasteiger partial charge < -0.3 is 9.47 Å². The number of methoxy groups -OCH3 is 2. The molecule has 2 aromatic rings. The molecule has 3 N–H and O–H groups in total. The summed E-state index contributed by atoms with van der Waals surface area (Å²) in [6, 6.07) is 5.55. The number of nitrogens with one attached hydrogen (secondary N) is 1. The minimum Gasteiger partial charge on any atom is -0.497 e. The van der Waals surface area contributed by atoms with Gasteiger partial charge in [0.2, 0.25) is 0 Å². The van der Waals surface area contributed by atoms with Gasteiger partial charge in [0.05, 0.1) is 20.3 Å². The van der Waals surface area contributed by atoms with Gasteiger partial charge in [-0.2, -0.15) is 5.10 Å². The Labute approximate surface area is 117 Å². The maximum Gasteiger partial charge on any atom is 0.138 e. The zero-order valence-corrected chi connectivity index (χ0v) is 11.8. The van der Waals surface area contributed by atoms with Crippen molar-refractivity contribution in [3.05, 3.63) is 35.9 Å². The van der Waals surface area contributed by atoms with Crippen molar-refractivity contribution in [2.75, 3.05) is 14.2 Å². The summed E-state index contributed by atoms with van der Waals surface area (Å²) in [6.07, 6.45) is 2.14. The van der Waals surface area contributed by atoms with Crippen molar-refractivity contribution in [1.82, 2.24) is 20.2 Å². The van der Waals surface area contributed by atoms with Crippen molar-refractivity contribution in [2.24, 2.45) is 12.9 Å². The standard InChI is InChI=1S/C13H19N5O2/c1-18-13(15-8-16-18)7-12(17-14)9-4-10(19-2)6-11(5-9)20-3/h4-6,8,12,17H,7,14H2,1-3H3. The smallest absolute Gasteiger partial charge is 0.138 e. The molecule has 0 amide bonds. The topological polar surface area (TPSA) is 87.2 Å². The van der Waals surface area contributed by atoms with Crippen molar-refractivity contribution in [3.63, 3.8) is 0 Å². The van der Waals surface area contributed by atoms with Crippen LogP contribution < -0.4 is 20.7 Å². The second-order valence-electron chi connectivity index (χ2n) is 4.37. The number of nitrogens with two attached hydrogens (primary N) is 1. The molecule has 108 valence electrons. The third kappa shape index (κ3) is 3.06. The van der Waals surface area contributed by atoms with Gasteiger partial charge in [0.15, 0.2) is 0 Å². The van der Waals surface area contributed by atoms with Gasteiger partial charge in [-0.1, -0.05) is 0 Å². The van der Waals surface area contributed by atoms with Crippen molar-refractivity contribution in [3.8, 4) is 11.5 Å². The maximum atomic E-state index is 5.67. The lowest BCUT2D eigenvalue weighted by molar-refractivity contribution is 0.391. The highest BCUT2D eigenvalue weighted by molar-refractivity contribution is 5.40. The molecule has 0 aliphatic carbocycles. The molecule has 0 saturated heterocycles. The van der Waals surface area contributed by atoms with E-state index in [0.29, 0.717) is 6.42 Å². The SMILES string of the molecule is COc1cc(OC)cc(C(Cc2ncnn2C)NN)c1. The average Bonchev–Trinajstić information content (AvgIpc) is 2.89. The van der Waals surface area contributed by atoms with E-state index in [1.165, 1.54) is 6.33 Å². The van der Waals surface area contributed by atoms with E-state index >= 15 is 0 Å². The molecule has 0 aliphatic rings. The molecule has 1 heterocycles. The summed E-state index contributed by atoms with van der Waals surface area (Å²) in [6.45, 7) is 0. The van der Waals surface area contributed by atoms with Crippen LogP contribution in [0, 0.1) is 0 Å². The van der Waals surface area contributed by atoms with Gasteiger partial charge in [-0.05, 0) is 17.7 Å². The Morgan fingerprint density at radius 3 is 2.35 bits per heavy atom. The van der Waals surface area contributed by atoms with E-state index in [4.69, 9.17) is 15.3 Å². The zero-order chi connectivity index (χ0) is 14.5. The third-order valence-electron chi connectivity index (χ3n) is 3.17. The molecular formula is C13H19N5O2. The molecular weight excluding hydrogens is 258 g/mol. The molecule has 0 bridgehead atoms. The predicted octanol–water partition coefficient (Wildman–Crippen LogP) is 0.579. The van der Waals surface area contributed by atoms with Crippen LogP contribution in [-0.4, -0.2) is 29.0 Å². The fourth-order valence-electron chi connectivity index (χ4n) is 1.99. The van der Waals surface area contributed by atoms with Crippen molar-refractivity contribution in [2.45, 2.75) is 12.5 Å². The summed E-state index contributed by atoms with van der Waals surface area (Å²) < 4.78 is 12.3. The van der Waals surface area contributed by atoms with E-state index in [-0.39, 0.29) is 6.04 Å². The molecule has 0 radical (unpaired) electrons. The van der Waals surface area contributed by atoms with Gasteiger partial charge in [-0.25, -0.2) is 4.98 Å². The highest BCUT2D eigenvalue weighted by atomic mass is 16.5. The van der Waals surface area contributed by atoms with Crippen LogP contribution in [0.1, 0.15) is 17.4 Å².